The second-order valence-corrected chi connectivity index (χ2v) is 9.99. The van der Waals surface area contributed by atoms with Crippen LogP contribution >= 0.6 is 0 Å². The minimum absolute atomic E-state index is 0.134. The highest BCUT2D eigenvalue weighted by atomic mass is 32.2. The molecule has 4 rings (SSSR count). The van der Waals surface area contributed by atoms with Crippen LogP contribution in [0.25, 0.3) is 0 Å². The van der Waals surface area contributed by atoms with Crippen molar-refractivity contribution in [2.45, 2.75) is 44.9 Å². The molecule has 0 spiro atoms. The van der Waals surface area contributed by atoms with E-state index in [4.69, 9.17) is 9.15 Å². The highest BCUT2D eigenvalue weighted by molar-refractivity contribution is 7.89. The van der Waals surface area contributed by atoms with E-state index in [-0.39, 0.29) is 10.7 Å². The van der Waals surface area contributed by atoms with Gasteiger partial charge in [0, 0.05) is 17.5 Å². The van der Waals surface area contributed by atoms with Gasteiger partial charge >= 0.3 is 0 Å². The van der Waals surface area contributed by atoms with E-state index < -0.39 is 15.9 Å². The third-order valence-corrected chi connectivity index (χ3v) is 6.99. The average molecular weight is 482 g/mol. The third kappa shape index (κ3) is 4.70. The highest BCUT2D eigenvalue weighted by Gasteiger charge is 2.29. The molecule has 0 bridgehead atoms. The van der Waals surface area contributed by atoms with Crippen molar-refractivity contribution < 1.29 is 22.4 Å². The van der Waals surface area contributed by atoms with Gasteiger partial charge in [0.2, 0.25) is 0 Å². The number of fused-ring (bicyclic) bond motifs is 1. The average Bonchev–Trinajstić information content (AvgIpc) is 3.15. The van der Waals surface area contributed by atoms with Crippen molar-refractivity contribution in [1.29, 1.82) is 0 Å². The molecule has 0 aliphatic heterocycles. The van der Waals surface area contributed by atoms with Gasteiger partial charge in [-0.1, -0.05) is 23.8 Å². The summed E-state index contributed by atoms with van der Waals surface area (Å²) in [6.45, 7) is 5.59. The number of amides is 1. The van der Waals surface area contributed by atoms with Crippen molar-refractivity contribution in [3.63, 3.8) is 0 Å². The monoisotopic (exact) mass is 481 g/mol. The smallest absolute Gasteiger partial charge is 0.291 e. The molecule has 1 heterocycles. The lowest BCUT2D eigenvalue weighted by Gasteiger charge is -2.14. The maximum absolute atomic E-state index is 13.1. The Bertz CT molecular complexity index is 1370. The molecular formula is C25H27N3O5S. The molecule has 1 aliphatic carbocycles. The van der Waals surface area contributed by atoms with Gasteiger partial charge in [-0.2, -0.15) is 18.4 Å². The standard InChI is InChI=1S/C25H27N3O5S/c1-15-8-11-18(12-9-15)34(30,31)28-27-19-6-5-7-22-23(19)17(3)24(33-22)25(29)26-20-14-16(2)10-13-21(20)32-4/h8-14,28H,5-7H2,1-4H3,(H,26,29)/b27-19+. The zero-order chi connectivity index (χ0) is 24.5. The lowest BCUT2D eigenvalue weighted by atomic mass is 9.93. The maximum Gasteiger partial charge on any atom is 0.291 e. The normalized spacial score (nSPS) is 14.5. The molecule has 2 aromatic carbocycles. The molecule has 178 valence electrons. The summed E-state index contributed by atoms with van der Waals surface area (Å²) >= 11 is 0. The number of hydrogen-bond acceptors (Lipinski definition) is 6. The van der Waals surface area contributed by atoms with Crippen molar-refractivity contribution in [2.75, 3.05) is 12.4 Å². The maximum atomic E-state index is 13.1. The SMILES string of the molecule is COc1ccc(C)cc1NC(=O)c1oc2c(c1C)/C(=N/NS(=O)(=O)c1ccc(C)cc1)CCC2. The third-order valence-electron chi connectivity index (χ3n) is 5.77. The minimum atomic E-state index is -3.82. The first-order chi connectivity index (χ1) is 16.2. The van der Waals surface area contributed by atoms with Crippen LogP contribution < -0.4 is 14.9 Å². The number of rotatable bonds is 6. The van der Waals surface area contributed by atoms with E-state index in [1.165, 1.54) is 19.2 Å². The Morgan fingerprint density at radius 1 is 1.03 bits per heavy atom. The number of sulfonamides is 1. The molecule has 1 aliphatic rings. The molecular weight excluding hydrogens is 454 g/mol. The Hall–Kier alpha value is -3.59. The number of hydrogen-bond donors (Lipinski definition) is 2. The van der Waals surface area contributed by atoms with Gasteiger partial charge in [-0.25, -0.2) is 0 Å². The molecule has 3 aromatic rings. The molecule has 1 amide bonds. The summed E-state index contributed by atoms with van der Waals surface area (Å²) in [5, 5.41) is 7.08. The van der Waals surface area contributed by atoms with Gasteiger partial charge in [0.1, 0.15) is 11.5 Å². The molecule has 34 heavy (non-hydrogen) atoms. The van der Waals surface area contributed by atoms with E-state index >= 15 is 0 Å². The molecule has 2 N–H and O–H groups in total. The number of nitrogens with one attached hydrogen (secondary N) is 2. The molecule has 8 nitrogen and oxygen atoms in total. The largest absolute Gasteiger partial charge is 0.495 e. The summed E-state index contributed by atoms with van der Waals surface area (Å²) in [5.41, 5.74) is 4.32. The van der Waals surface area contributed by atoms with E-state index in [9.17, 15) is 13.2 Å². The lowest BCUT2D eigenvalue weighted by Crippen LogP contribution is -2.22. The molecule has 9 heteroatoms. The van der Waals surface area contributed by atoms with Crippen LogP contribution in [0.15, 0.2) is 56.9 Å². The van der Waals surface area contributed by atoms with Crippen LogP contribution in [0.4, 0.5) is 5.69 Å². The number of hydrazone groups is 1. The molecule has 0 radical (unpaired) electrons. The van der Waals surface area contributed by atoms with Crippen LogP contribution in [0.3, 0.4) is 0 Å². The van der Waals surface area contributed by atoms with Gasteiger partial charge in [0.05, 0.1) is 23.4 Å². The van der Waals surface area contributed by atoms with Gasteiger partial charge in [-0.3, -0.25) is 4.79 Å². The van der Waals surface area contributed by atoms with Crippen LogP contribution in [0.1, 0.15) is 51.4 Å². The fraction of sp³-hybridized carbons (Fsp3) is 0.280. The van der Waals surface area contributed by atoms with E-state index in [1.807, 2.05) is 26.0 Å². The number of benzene rings is 2. The van der Waals surface area contributed by atoms with Gasteiger partial charge < -0.3 is 14.5 Å². The molecule has 0 fully saturated rings. The predicted octanol–water partition coefficient (Wildman–Crippen LogP) is 4.48. The molecule has 1 aromatic heterocycles. The Balaban J connectivity index is 1.61. The van der Waals surface area contributed by atoms with Crippen LogP contribution in [0, 0.1) is 20.8 Å². The number of anilines is 1. The summed E-state index contributed by atoms with van der Waals surface area (Å²) in [4.78, 5) is 15.5. The van der Waals surface area contributed by atoms with Crippen LogP contribution in [0.5, 0.6) is 5.75 Å². The molecule has 0 saturated carbocycles. The second kappa shape index (κ2) is 9.34. The lowest BCUT2D eigenvalue weighted by molar-refractivity contribution is 0.0993. The topological polar surface area (TPSA) is 110 Å². The van der Waals surface area contributed by atoms with Gasteiger partial charge in [0.25, 0.3) is 15.9 Å². The Morgan fingerprint density at radius 3 is 2.44 bits per heavy atom. The van der Waals surface area contributed by atoms with Gasteiger partial charge in [-0.05, 0) is 63.4 Å². The number of methoxy groups -OCH3 is 1. The summed E-state index contributed by atoms with van der Waals surface area (Å²) in [5.74, 6) is 0.930. The quantitative estimate of drug-likeness (QED) is 0.504. The van der Waals surface area contributed by atoms with Crippen molar-refractivity contribution in [1.82, 2.24) is 4.83 Å². The summed E-state index contributed by atoms with van der Waals surface area (Å²) in [6, 6.07) is 12.0. The number of nitrogens with zero attached hydrogens (tertiary/aromatic N) is 1. The van der Waals surface area contributed by atoms with Crippen LogP contribution in [-0.4, -0.2) is 27.1 Å². The van der Waals surface area contributed by atoms with E-state index in [2.05, 4.69) is 15.2 Å². The molecule has 0 saturated heterocycles. The number of aryl methyl sites for hydroxylation is 3. The fourth-order valence-electron chi connectivity index (χ4n) is 3.98. The van der Waals surface area contributed by atoms with Gasteiger partial charge in [-0.15, -0.1) is 0 Å². The minimum Gasteiger partial charge on any atom is -0.495 e. The van der Waals surface area contributed by atoms with Gasteiger partial charge in [0.15, 0.2) is 5.76 Å². The van der Waals surface area contributed by atoms with E-state index in [0.717, 1.165) is 17.5 Å². The predicted molar refractivity (Wildman–Crippen MR) is 130 cm³/mol. The number of ether oxygens (including phenoxy) is 1. The first-order valence-electron chi connectivity index (χ1n) is 10.9. The highest BCUT2D eigenvalue weighted by Crippen LogP contribution is 2.32. The van der Waals surface area contributed by atoms with Crippen molar-refractivity contribution >= 4 is 27.3 Å². The Morgan fingerprint density at radius 2 is 1.74 bits per heavy atom. The summed E-state index contributed by atoms with van der Waals surface area (Å²) in [7, 11) is -2.28. The zero-order valence-corrected chi connectivity index (χ0v) is 20.4. The second-order valence-electron chi connectivity index (χ2n) is 8.33. The fourth-order valence-corrected chi connectivity index (χ4v) is 4.81. The van der Waals surface area contributed by atoms with Crippen LogP contribution in [0.2, 0.25) is 0 Å². The number of carbonyl (C=O) groups excluding carboxylic acids is 1. The van der Waals surface area contributed by atoms with Crippen molar-refractivity contribution in [2.24, 2.45) is 5.10 Å². The molecule has 0 atom stereocenters. The van der Waals surface area contributed by atoms with Crippen molar-refractivity contribution in [3.05, 3.63) is 76.2 Å². The first kappa shape index (κ1) is 23.6. The summed E-state index contributed by atoms with van der Waals surface area (Å²) < 4.78 is 36.6. The van der Waals surface area contributed by atoms with Crippen LogP contribution in [-0.2, 0) is 16.4 Å². The van der Waals surface area contributed by atoms with E-state index in [1.54, 1.807) is 25.1 Å². The van der Waals surface area contributed by atoms with E-state index in [0.29, 0.717) is 46.9 Å². The zero-order valence-electron chi connectivity index (χ0n) is 19.6. The Labute approximate surface area is 199 Å². The number of furan rings is 1. The Kier molecular flexibility index (Phi) is 6.47. The summed E-state index contributed by atoms with van der Waals surface area (Å²) in [6.07, 6.45) is 1.94. The van der Waals surface area contributed by atoms with Crippen molar-refractivity contribution in [3.8, 4) is 5.75 Å². The molecule has 0 unspecified atom stereocenters. The number of carbonyl (C=O) groups is 1. The first-order valence-corrected chi connectivity index (χ1v) is 12.4.